The summed E-state index contributed by atoms with van der Waals surface area (Å²) in [5.74, 6) is -2.82. The molecule has 0 bridgehead atoms. The molecule has 2 rings (SSSR count). The second kappa shape index (κ2) is 7.11. The third-order valence-electron chi connectivity index (χ3n) is 3.42. The van der Waals surface area contributed by atoms with E-state index in [1.165, 1.54) is 4.90 Å². The van der Waals surface area contributed by atoms with Gasteiger partial charge in [-0.05, 0) is 25.4 Å². The molecular weight excluding hydrogens is 276 g/mol. The van der Waals surface area contributed by atoms with Crippen LogP contribution in [0.3, 0.4) is 0 Å². The van der Waals surface area contributed by atoms with E-state index >= 15 is 0 Å². The van der Waals surface area contributed by atoms with Crippen molar-refractivity contribution >= 4 is 11.6 Å². The Balaban J connectivity index is 1.97. The molecule has 2 heterocycles. The molecule has 0 N–H and O–H groups in total. The number of ether oxygens (including phenoxy) is 1. The monoisotopic (exact) mass is 302 g/mol. The second-order valence-corrected chi connectivity index (χ2v) is 5.30. The number of rotatable bonds is 6. The number of likely N-dealkylation sites (N-methyl/N-ethyl adjacent to an activating group) is 1. The Labute approximate surface area is 128 Å². The van der Waals surface area contributed by atoms with Gasteiger partial charge in [-0.3, -0.25) is 4.99 Å². The summed E-state index contributed by atoms with van der Waals surface area (Å²) in [7, 11) is 0. The molecule has 6 heteroatoms. The topological polar surface area (TPSA) is 37.2 Å². The molecule has 0 spiro atoms. The van der Waals surface area contributed by atoms with Gasteiger partial charge in [0.15, 0.2) is 6.61 Å². The standard InChI is InChI=1S/C15H23F2N3O/c1-3-4-7-15(16,17)10-21-14-13(18-11-19-14)12-6-5-8-20(2)9-12/h6H,3-5,7-11H2,1-2H3/i2D3. The third kappa shape index (κ3) is 4.59. The first-order valence-corrected chi connectivity index (χ1v) is 7.27. The van der Waals surface area contributed by atoms with Crippen LogP contribution >= 0.6 is 0 Å². The van der Waals surface area contributed by atoms with Gasteiger partial charge in [0, 0.05) is 23.6 Å². The Bertz CT molecular complexity index is 545. The van der Waals surface area contributed by atoms with Gasteiger partial charge in [0.2, 0.25) is 5.90 Å². The van der Waals surface area contributed by atoms with Crippen LogP contribution in [0.2, 0.25) is 0 Å². The number of aliphatic imine (C=N–C) groups is 2. The molecule has 0 aromatic heterocycles. The maximum absolute atomic E-state index is 13.7. The van der Waals surface area contributed by atoms with Crippen LogP contribution in [0.25, 0.3) is 0 Å². The fourth-order valence-corrected chi connectivity index (χ4v) is 2.26. The molecule has 0 radical (unpaired) electrons. The second-order valence-electron chi connectivity index (χ2n) is 5.30. The van der Waals surface area contributed by atoms with Crippen LogP contribution in [0.15, 0.2) is 21.6 Å². The van der Waals surface area contributed by atoms with Gasteiger partial charge in [0.25, 0.3) is 5.92 Å². The van der Waals surface area contributed by atoms with Crippen molar-refractivity contribution in [1.29, 1.82) is 0 Å². The van der Waals surface area contributed by atoms with Crippen molar-refractivity contribution in [1.82, 2.24) is 4.90 Å². The number of hydrogen-bond donors (Lipinski definition) is 0. The average Bonchev–Trinajstić information content (AvgIpc) is 2.99. The molecule has 0 saturated carbocycles. The lowest BCUT2D eigenvalue weighted by Gasteiger charge is -2.23. The fourth-order valence-electron chi connectivity index (χ4n) is 2.26. The first-order valence-electron chi connectivity index (χ1n) is 8.77. The maximum atomic E-state index is 13.7. The summed E-state index contributed by atoms with van der Waals surface area (Å²) in [5, 5.41) is 0. The van der Waals surface area contributed by atoms with Gasteiger partial charge in [-0.15, -0.1) is 0 Å². The summed E-state index contributed by atoms with van der Waals surface area (Å²) in [4.78, 5) is 9.56. The van der Waals surface area contributed by atoms with Crippen LogP contribution in [0, 0.1) is 0 Å². The Morgan fingerprint density at radius 1 is 1.48 bits per heavy atom. The molecule has 0 saturated heterocycles. The van der Waals surface area contributed by atoms with Crippen LogP contribution in [0.1, 0.15) is 36.7 Å². The van der Waals surface area contributed by atoms with Crippen LogP contribution in [-0.4, -0.2) is 55.8 Å². The Kier molecular flexibility index (Phi) is 4.15. The van der Waals surface area contributed by atoms with Gasteiger partial charge in [0.1, 0.15) is 12.4 Å². The predicted molar refractivity (Wildman–Crippen MR) is 80.4 cm³/mol. The van der Waals surface area contributed by atoms with Gasteiger partial charge in [-0.25, -0.2) is 13.8 Å². The Morgan fingerprint density at radius 2 is 2.33 bits per heavy atom. The molecule has 0 fully saturated rings. The molecule has 0 aromatic rings. The lowest BCUT2D eigenvalue weighted by Crippen LogP contribution is -2.33. The highest BCUT2D eigenvalue weighted by Crippen LogP contribution is 2.23. The molecule has 0 aromatic carbocycles. The predicted octanol–water partition coefficient (Wildman–Crippen LogP) is 2.90. The van der Waals surface area contributed by atoms with E-state index in [0.29, 0.717) is 37.1 Å². The van der Waals surface area contributed by atoms with Crippen molar-refractivity contribution in [3.63, 3.8) is 0 Å². The summed E-state index contributed by atoms with van der Waals surface area (Å²) < 4.78 is 55.2. The van der Waals surface area contributed by atoms with Crippen LogP contribution in [0.4, 0.5) is 8.78 Å². The highest BCUT2D eigenvalue weighted by atomic mass is 19.3. The summed E-state index contributed by atoms with van der Waals surface area (Å²) in [6, 6.07) is 0. The number of nitrogens with zero attached hydrogens (tertiary/aromatic N) is 3. The first-order chi connectivity index (χ1) is 11.2. The molecule has 0 aliphatic carbocycles. The van der Waals surface area contributed by atoms with Crippen molar-refractivity contribution in [2.45, 2.75) is 38.5 Å². The highest BCUT2D eigenvalue weighted by molar-refractivity contribution is 6.46. The van der Waals surface area contributed by atoms with Crippen molar-refractivity contribution in [2.75, 3.05) is 33.3 Å². The zero-order chi connectivity index (χ0) is 17.8. The fraction of sp³-hybridized carbons (Fsp3) is 0.733. The molecule has 2 aliphatic rings. The average molecular weight is 302 g/mol. The zero-order valence-electron chi connectivity index (χ0n) is 15.2. The lowest BCUT2D eigenvalue weighted by molar-refractivity contribution is -0.0521. The van der Waals surface area contributed by atoms with Crippen LogP contribution in [0.5, 0.6) is 0 Å². The van der Waals surface area contributed by atoms with E-state index in [1.807, 2.05) is 13.0 Å². The summed E-state index contributed by atoms with van der Waals surface area (Å²) in [6.45, 7) is -0.337. The highest BCUT2D eigenvalue weighted by Gasteiger charge is 2.31. The normalized spacial score (nSPS) is 22.8. The van der Waals surface area contributed by atoms with E-state index < -0.39 is 19.5 Å². The molecule has 0 atom stereocenters. The van der Waals surface area contributed by atoms with E-state index in [0.717, 1.165) is 0 Å². The van der Waals surface area contributed by atoms with Gasteiger partial charge < -0.3 is 9.64 Å². The van der Waals surface area contributed by atoms with Crippen molar-refractivity contribution in [3.05, 3.63) is 11.6 Å². The van der Waals surface area contributed by atoms with Gasteiger partial charge in [-0.2, -0.15) is 0 Å². The maximum Gasteiger partial charge on any atom is 0.281 e. The Morgan fingerprint density at radius 3 is 3.10 bits per heavy atom. The SMILES string of the molecule is [2H]C([2H])([2H])N1CCC=C(C2=NCN=C2OCC(F)(F)CCCC)C1. The van der Waals surface area contributed by atoms with E-state index in [1.54, 1.807) is 0 Å². The van der Waals surface area contributed by atoms with Crippen LogP contribution < -0.4 is 0 Å². The smallest absolute Gasteiger partial charge is 0.281 e. The van der Waals surface area contributed by atoms with E-state index in [2.05, 4.69) is 9.98 Å². The third-order valence-corrected chi connectivity index (χ3v) is 3.42. The summed E-state index contributed by atoms with van der Waals surface area (Å²) in [6.07, 6.45) is 3.34. The van der Waals surface area contributed by atoms with Gasteiger partial charge >= 0.3 is 0 Å². The van der Waals surface area contributed by atoms with Crippen molar-refractivity contribution in [3.8, 4) is 0 Å². The largest absolute Gasteiger partial charge is 0.470 e. The molecule has 21 heavy (non-hydrogen) atoms. The number of alkyl halides is 2. The van der Waals surface area contributed by atoms with E-state index in [-0.39, 0.29) is 25.5 Å². The van der Waals surface area contributed by atoms with Gasteiger partial charge in [0.05, 0.1) is 0 Å². The molecule has 2 aliphatic heterocycles. The minimum atomic E-state index is -2.90. The van der Waals surface area contributed by atoms with Crippen molar-refractivity contribution < 1.29 is 17.6 Å². The summed E-state index contributed by atoms with van der Waals surface area (Å²) >= 11 is 0. The lowest BCUT2D eigenvalue weighted by atomic mass is 10.1. The minimum Gasteiger partial charge on any atom is -0.470 e. The number of halogens is 2. The molecule has 0 amide bonds. The molecule has 118 valence electrons. The molecular formula is C15H23F2N3O. The van der Waals surface area contributed by atoms with Crippen molar-refractivity contribution in [2.24, 2.45) is 9.98 Å². The van der Waals surface area contributed by atoms with Crippen LogP contribution in [-0.2, 0) is 4.74 Å². The Hall–Kier alpha value is -1.30. The number of hydrogen-bond acceptors (Lipinski definition) is 4. The minimum absolute atomic E-state index is 0.0878. The first kappa shape index (κ1) is 12.3. The van der Waals surface area contributed by atoms with Gasteiger partial charge in [-0.1, -0.05) is 19.4 Å². The van der Waals surface area contributed by atoms with E-state index in [9.17, 15) is 8.78 Å². The summed E-state index contributed by atoms with van der Waals surface area (Å²) in [5.41, 5.74) is 1.07. The number of unbranched alkanes of at least 4 members (excludes halogenated alkanes) is 1. The zero-order valence-corrected chi connectivity index (χ0v) is 12.2. The van der Waals surface area contributed by atoms with E-state index in [4.69, 9.17) is 8.85 Å². The quantitative estimate of drug-likeness (QED) is 0.756. The molecule has 0 unspecified atom stereocenters. The molecule has 4 nitrogen and oxygen atoms in total.